The molecule has 2 heterocycles. The Labute approximate surface area is 136 Å². The lowest BCUT2D eigenvalue weighted by atomic mass is 10.1. The molecule has 7 nitrogen and oxygen atoms in total. The molecule has 0 radical (unpaired) electrons. The normalized spacial score (nSPS) is 32.0. The lowest BCUT2D eigenvalue weighted by molar-refractivity contribution is -0.120. The third-order valence-corrected chi connectivity index (χ3v) is 5.43. The van der Waals surface area contributed by atoms with Crippen LogP contribution in [-0.4, -0.2) is 83.1 Å². The molecule has 1 amide bonds. The zero-order valence-corrected chi connectivity index (χ0v) is 14.4. The second-order valence-corrected chi connectivity index (χ2v) is 10.9. The molecule has 2 unspecified atom stereocenters. The van der Waals surface area contributed by atoms with Gasteiger partial charge >= 0.3 is 0 Å². The van der Waals surface area contributed by atoms with E-state index < -0.39 is 43.9 Å². The van der Waals surface area contributed by atoms with Crippen LogP contribution < -0.4 is 5.32 Å². The highest BCUT2D eigenvalue weighted by Gasteiger charge is 2.46. The summed E-state index contributed by atoms with van der Waals surface area (Å²) in [6, 6.07) is 0. The topological polar surface area (TPSA) is 102 Å². The molecule has 8 heteroatoms. The van der Waals surface area contributed by atoms with Gasteiger partial charge in [0.25, 0.3) is 5.91 Å². The van der Waals surface area contributed by atoms with Crippen molar-refractivity contribution in [1.82, 2.24) is 10.2 Å². The van der Waals surface area contributed by atoms with Gasteiger partial charge in [-0.05, 0) is 25.9 Å². The lowest BCUT2D eigenvalue weighted by Crippen LogP contribution is -2.48. The van der Waals surface area contributed by atoms with E-state index in [4.69, 9.17) is 4.74 Å². The van der Waals surface area contributed by atoms with E-state index in [-0.39, 0.29) is 11.4 Å². The summed E-state index contributed by atoms with van der Waals surface area (Å²) in [4.78, 5) is 13.1. The van der Waals surface area contributed by atoms with Crippen LogP contribution in [0.15, 0.2) is 24.2 Å². The van der Waals surface area contributed by atoms with Crippen molar-refractivity contribution < 1.29 is 24.9 Å². The van der Waals surface area contributed by atoms with Crippen molar-refractivity contribution in [2.75, 3.05) is 26.1 Å². The van der Waals surface area contributed by atoms with Crippen molar-refractivity contribution in [3.05, 3.63) is 24.2 Å². The second kappa shape index (κ2) is 6.79. The molecule has 0 aromatic carbocycles. The highest BCUT2D eigenvalue weighted by molar-refractivity contribution is 7.72. The largest absolute Gasteiger partial charge is 0.391 e. The summed E-state index contributed by atoms with van der Waals surface area (Å²) in [6.07, 6.45) is 3.41. The molecule has 0 aromatic rings. The number of rotatable bonds is 5. The van der Waals surface area contributed by atoms with Gasteiger partial charge in [0.15, 0.2) is 6.23 Å². The van der Waals surface area contributed by atoms with E-state index in [1.807, 2.05) is 0 Å². The van der Waals surface area contributed by atoms with Crippen LogP contribution in [0.3, 0.4) is 0 Å². The highest BCUT2D eigenvalue weighted by Crippen LogP contribution is 2.38. The summed E-state index contributed by atoms with van der Waals surface area (Å²) in [5, 5.41) is 32.2. The Bertz CT molecular complexity index is 570. The standard InChI is InChI=1S/C15H25N2O5P/c1-9-16-14(21)10(8-18)7-17(9)15-13(20)12(19)11(22-15)5-6-23(2,3)4/h7,11-13,15,18-20H,1-2,5-6,8H2,3-4H3,(H,16,21)/t11?,12-,13-,15?/m1/s1. The highest BCUT2D eigenvalue weighted by atomic mass is 31.2. The Hall–Kier alpha value is -1.11. The van der Waals surface area contributed by atoms with Crippen molar-refractivity contribution in [3.8, 4) is 0 Å². The first-order chi connectivity index (χ1) is 10.6. The predicted molar refractivity (Wildman–Crippen MR) is 90.3 cm³/mol. The summed E-state index contributed by atoms with van der Waals surface area (Å²) < 4.78 is 5.80. The number of nitrogens with one attached hydrogen (secondary N) is 1. The molecule has 2 aliphatic rings. The first-order valence-corrected chi connectivity index (χ1v) is 10.5. The Morgan fingerprint density at radius 1 is 1.39 bits per heavy atom. The maximum Gasteiger partial charge on any atom is 0.256 e. The number of nitrogens with zero attached hydrogens (tertiary/aromatic N) is 1. The van der Waals surface area contributed by atoms with Gasteiger partial charge in [0.05, 0.1) is 18.3 Å². The van der Waals surface area contributed by atoms with Crippen molar-refractivity contribution in [2.24, 2.45) is 0 Å². The molecule has 2 rings (SSSR count). The molecule has 23 heavy (non-hydrogen) atoms. The molecule has 0 spiro atoms. The monoisotopic (exact) mass is 344 g/mol. The molecule has 0 saturated carbocycles. The SMILES string of the molecule is C=C1NC(=O)C(CO)=CN1C1OC(CCP(=C)(C)C)[C@@H](O)[C@H]1O. The Kier molecular flexibility index (Phi) is 5.38. The average Bonchev–Trinajstić information content (AvgIpc) is 2.73. The summed E-state index contributed by atoms with van der Waals surface area (Å²) in [5.74, 6) is -0.212. The molecule has 2 aliphatic heterocycles. The van der Waals surface area contributed by atoms with E-state index in [1.54, 1.807) is 0 Å². The van der Waals surface area contributed by atoms with Gasteiger partial charge in [-0.1, -0.05) is 6.58 Å². The fourth-order valence-electron chi connectivity index (χ4n) is 2.59. The molecule has 130 valence electrons. The molecule has 1 saturated heterocycles. The van der Waals surface area contributed by atoms with Crippen molar-refractivity contribution in [1.29, 1.82) is 0 Å². The Morgan fingerprint density at radius 3 is 2.61 bits per heavy atom. The van der Waals surface area contributed by atoms with Gasteiger partial charge in [-0.3, -0.25) is 4.79 Å². The lowest BCUT2D eigenvalue weighted by Gasteiger charge is -2.34. The summed E-state index contributed by atoms with van der Waals surface area (Å²) in [6.45, 7) is 6.22. The van der Waals surface area contributed by atoms with Gasteiger partial charge in [-0.25, -0.2) is 0 Å². The molecule has 0 aliphatic carbocycles. The van der Waals surface area contributed by atoms with Gasteiger partial charge in [-0.2, -0.15) is 0 Å². The number of amides is 1. The minimum Gasteiger partial charge on any atom is -0.391 e. The molecule has 0 aromatic heterocycles. The number of carbonyl (C=O) groups is 1. The summed E-state index contributed by atoms with van der Waals surface area (Å²) >= 11 is 0. The van der Waals surface area contributed by atoms with Crippen LogP contribution in [0.2, 0.25) is 0 Å². The van der Waals surface area contributed by atoms with E-state index in [0.717, 1.165) is 6.16 Å². The average molecular weight is 344 g/mol. The van der Waals surface area contributed by atoms with Gasteiger partial charge in [0, 0.05) is 6.20 Å². The fraction of sp³-hybridized carbons (Fsp3) is 0.600. The molecule has 1 fully saturated rings. The van der Waals surface area contributed by atoms with Crippen LogP contribution in [0.4, 0.5) is 0 Å². The van der Waals surface area contributed by atoms with Gasteiger partial charge in [0.2, 0.25) is 0 Å². The Balaban J connectivity index is 2.14. The van der Waals surface area contributed by atoms with Crippen molar-refractivity contribution >= 4 is 19.1 Å². The molecule has 0 bridgehead atoms. The summed E-state index contributed by atoms with van der Waals surface area (Å²) in [5.41, 5.74) is 0.135. The second-order valence-electron chi connectivity index (χ2n) is 6.61. The third-order valence-electron chi connectivity index (χ3n) is 3.96. The van der Waals surface area contributed by atoms with Crippen LogP contribution >= 0.6 is 6.89 Å². The quantitative estimate of drug-likeness (QED) is 0.493. The van der Waals surface area contributed by atoms with Gasteiger partial charge < -0.3 is 30.3 Å². The minimum atomic E-state index is -1.26. The zero-order valence-electron chi connectivity index (χ0n) is 13.5. The smallest absolute Gasteiger partial charge is 0.256 e. The molecule has 4 atom stereocenters. The number of aliphatic hydroxyl groups excluding tert-OH is 3. The number of hydrogen-bond donors (Lipinski definition) is 4. The van der Waals surface area contributed by atoms with E-state index in [2.05, 4.69) is 31.5 Å². The van der Waals surface area contributed by atoms with Gasteiger partial charge in [0.1, 0.15) is 18.0 Å². The van der Waals surface area contributed by atoms with Crippen LogP contribution in [0, 0.1) is 0 Å². The maximum absolute atomic E-state index is 11.6. The first kappa shape index (κ1) is 18.2. The van der Waals surface area contributed by atoms with Crippen molar-refractivity contribution in [2.45, 2.75) is 31.0 Å². The number of hydrogen-bond acceptors (Lipinski definition) is 6. The molecular weight excluding hydrogens is 319 g/mol. The zero-order chi connectivity index (χ0) is 17.4. The number of carbonyl (C=O) groups excluding carboxylic acids is 1. The van der Waals surface area contributed by atoms with Gasteiger partial charge in [-0.15, -0.1) is 13.2 Å². The van der Waals surface area contributed by atoms with E-state index in [1.165, 1.54) is 11.1 Å². The molecule has 4 N–H and O–H groups in total. The summed E-state index contributed by atoms with van der Waals surface area (Å²) in [7, 11) is 0. The first-order valence-electron chi connectivity index (χ1n) is 7.43. The number of aliphatic hydroxyl groups is 3. The maximum atomic E-state index is 11.6. The van der Waals surface area contributed by atoms with E-state index in [0.29, 0.717) is 6.42 Å². The fourth-order valence-corrected chi connectivity index (χ4v) is 3.55. The van der Waals surface area contributed by atoms with Crippen LogP contribution in [-0.2, 0) is 9.53 Å². The Morgan fingerprint density at radius 2 is 2.04 bits per heavy atom. The van der Waals surface area contributed by atoms with E-state index in [9.17, 15) is 20.1 Å². The van der Waals surface area contributed by atoms with Crippen molar-refractivity contribution in [3.63, 3.8) is 0 Å². The minimum absolute atomic E-state index is 0.135. The van der Waals surface area contributed by atoms with Crippen LogP contribution in [0.25, 0.3) is 0 Å². The third kappa shape index (κ3) is 4.05. The predicted octanol–water partition coefficient (Wildman–Crippen LogP) is -0.688. The van der Waals surface area contributed by atoms with Crippen LogP contribution in [0.5, 0.6) is 0 Å². The van der Waals surface area contributed by atoms with Crippen LogP contribution in [0.1, 0.15) is 6.42 Å². The molecular formula is C15H25N2O5P. The number of ether oxygens (including phenoxy) is 1. The van der Waals surface area contributed by atoms with E-state index >= 15 is 0 Å².